The molecule has 1 aromatic heterocycles. The second kappa shape index (κ2) is 4.67. The van der Waals surface area contributed by atoms with Gasteiger partial charge in [0, 0.05) is 11.8 Å². The molecule has 0 fully saturated rings. The van der Waals surface area contributed by atoms with Crippen LogP contribution in [0.3, 0.4) is 0 Å². The van der Waals surface area contributed by atoms with Crippen LogP contribution in [0.25, 0.3) is 0 Å². The molecule has 0 saturated carbocycles. The lowest BCUT2D eigenvalue weighted by atomic mass is 10.2. The molecule has 0 radical (unpaired) electrons. The molecule has 0 aliphatic rings. The molecule has 0 atom stereocenters. The third-order valence-electron chi connectivity index (χ3n) is 2.61. The lowest BCUT2D eigenvalue weighted by molar-refractivity contribution is 0.542. The van der Waals surface area contributed by atoms with Crippen LogP contribution in [0.15, 0.2) is 39.7 Å². The number of hydrogen-bond donors (Lipinski definition) is 0. The van der Waals surface area contributed by atoms with Crippen LogP contribution < -0.4 is 0 Å². The summed E-state index contributed by atoms with van der Waals surface area (Å²) in [7, 11) is 0. The number of aliphatic imine (C=N–C) groups is 1. The first-order valence-corrected chi connectivity index (χ1v) is 5.31. The molecule has 2 aromatic rings. The average molecular weight is 224 g/mol. The largest absolute Gasteiger partial charge is 0.442 e. The van der Waals surface area contributed by atoms with Crippen LogP contribution in [-0.2, 0) is 0 Å². The minimum Gasteiger partial charge on any atom is -0.442 e. The Balaban J connectivity index is 2.35. The summed E-state index contributed by atoms with van der Waals surface area (Å²) in [5.41, 5.74) is 2.34. The van der Waals surface area contributed by atoms with Crippen LogP contribution >= 0.6 is 0 Å². The van der Waals surface area contributed by atoms with E-state index in [1.54, 1.807) is 6.21 Å². The molecule has 0 N–H and O–H groups in total. The standard InChI is InChI=1S/C14H12N2O/c1-10-11(2)17-14(13(10)8-15)16-9-12-6-4-3-5-7-12/h3-7,9H,1-2H3/b16-9+. The van der Waals surface area contributed by atoms with E-state index in [0.29, 0.717) is 11.4 Å². The summed E-state index contributed by atoms with van der Waals surface area (Å²) in [5, 5.41) is 9.03. The fourth-order valence-electron chi connectivity index (χ4n) is 1.50. The van der Waals surface area contributed by atoms with Gasteiger partial charge in [0.25, 0.3) is 0 Å². The highest BCUT2D eigenvalue weighted by atomic mass is 16.4. The van der Waals surface area contributed by atoms with Gasteiger partial charge >= 0.3 is 0 Å². The topological polar surface area (TPSA) is 49.3 Å². The van der Waals surface area contributed by atoms with E-state index in [2.05, 4.69) is 11.1 Å². The lowest BCUT2D eigenvalue weighted by Crippen LogP contribution is -1.79. The van der Waals surface area contributed by atoms with Crippen LogP contribution in [-0.4, -0.2) is 6.21 Å². The Morgan fingerprint density at radius 2 is 1.94 bits per heavy atom. The molecule has 0 unspecified atom stereocenters. The van der Waals surface area contributed by atoms with Crippen LogP contribution in [0.1, 0.15) is 22.5 Å². The maximum Gasteiger partial charge on any atom is 0.237 e. The predicted octanol–water partition coefficient (Wildman–Crippen LogP) is 3.52. The maximum absolute atomic E-state index is 9.03. The van der Waals surface area contributed by atoms with E-state index in [9.17, 15) is 0 Å². The SMILES string of the molecule is Cc1oc(/N=C/c2ccccc2)c(C#N)c1C. The third kappa shape index (κ3) is 2.26. The smallest absolute Gasteiger partial charge is 0.237 e. The van der Waals surface area contributed by atoms with E-state index in [-0.39, 0.29) is 0 Å². The molecule has 0 spiro atoms. The fraction of sp³-hybridized carbons (Fsp3) is 0.143. The maximum atomic E-state index is 9.03. The van der Waals surface area contributed by atoms with Crippen molar-refractivity contribution in [1.82, 2.24) is 0 Å². The van der Waals surface area contributed by atoms with Crippen molar-refractivity contribution in [3.63, 3.8) is 0 Å². The first-order chi connectivity index (χ1) is 8.22. The summed E-state index contributed by atoms with van der Waals surface area (Å²) in [4.78, 5) is 4.21. The summed E-state index contributed by atoms with van der Waals surface area (Å²) in [6.07, 6.45) is 1.69. The van der Waals surface area contributed by atoms with Crippen LogP contribution in [0.2, 0.25) is 0 Å². The summed E-state index contributed by atoms with van der Waals surface area (Å²) in [6.45, 7) is 3.69. The fourth-order valence-corrected chi connectivity index (χ4v) is 1.50. The van der Waals surface area contributed by atoms with E-state index in [4.69, 9.17) is 9.68 Å². The quantitative estimate of drug-likeness (QED) is 0.733. The predicted molar refractivity (Wildman–Crippen MR) is 66.6 cm³/mol. The van der Waals surface area contributed by atoms with Crippen molar-refractivity contribution in [3.05, 3.63) is 52.8 Å². The molecule has 1 aromatic carbocycles. The van der Waals surface area contributed by atoms with Crippen molar-refractivity contribution in [2.75, 3.05) is 0 Å². The van der Waals surface area contributed by atoms with Crippen LogP contribution in [0, 0.1) is 25.2 Å². The Kier molecular flexibility index (Phi) is 3.06. The van der Waals surface area contributed by atoms with Crippen molar-refractivity contribution in [1.29, 1.82) is 5.26 Å². The van der Waals surface area contributed by atoms with E-state index in [0.717, 1.165) is 16.9 Å². The zero-order valence-electron chi connectivity index (χ0n) is 9.77. The van der Waals surface area contributed by atoms with Crippen molar-refractivity contribution in [3.8, 4) is 6.07 Å². The number of furan rings is 1. The van der Waals surface area contributed by atoms with Crippen molar-refractivity contribution >= 4 is 12.1 Å². The molecular weight excluding hydrogens is 212 g/mol. The molecule has 84 valence electrons. The van der Waals surface area contributed by atoms with Crippen LogP contribution in [0.4, 0.5) is 5.88 Å². The molecule has 3 heteroatoms. The van der Waals surface area contributed by atoms with Gasteiger partial charge in [-0.15, -0.1) is 0 Å². The zero-order chi connectivity index (χ0) is 12.3. The van der Waals surface area contributed by atoms with Gasteiger partial charge in [-0.1, -0.05) is 30.3 Å². The Labute approximate surface area is 100 Å². The number of rotatable bonds is 2. The van der Waals surface area contributed by atoms with E-state index in [1.165, 1.54) is 0 Å². The van der Waals surface area contributed by atoms with Crippen molar-refractivity contribution in [2.24, 2.45) is 4.99 Å². The van der Waals surface area contributed by atoms with Gasteiger partial charge in [-0.25, -0.2) is 4.99 Å². The molecule has 0 bridgehead atoms. The Morgan fingerprint density at radius 1 is 1.24 bits per heavy atom. The zero-order valence-corrected chi connectivity index (χ0v) is 9.77. The van der Waals surface area contributed by atoms with Crippen molar-refractivity contribution < 1.29 is 4.42 Å². The number of aryl methyl sites for hydroxylation is 1. The lowest BCUT2D eigenvalue weighted by Gasteiger charge is -1.90. The molecular formula is C14H12N2O. The van der Waals surface area contributed by atoms with Gasteiger partial charge in [-0.05, 0) is 19.4 Å². The monoisotopic (exact) mass is 224 g/mol. The minimum absolute atomic E-state index is 0.381. The Hall–Kier alpha value is -2.34. The highest BCUT2D eigenvalue weighted by molar-refractivity contribution is 5.81. The summed E-state index contributed by atoms with van der Waals surface area (Å²) in [6, 6.07) is 11.8. The summed E-state index contributed by atoms with van der Waals surface area (Å²) in [5.74, 6) is 1.12. The normalized spacial score (nSPS) is 10.6. The summed E-state index contributed by atoms with van der Waals surface area (Å²) < 4.78 is 5.44. The first-order valence-electron chi connectivity index (χ1n) is 5.31. The number of benzene rings is 1. The second-order valence-electron chi connectivity index (χ2n) is 3.74. The van der Waals surface area contributed by atoms with Crippen LogP contribution in [0.5, 0.6) is 0 Å². The molecule has 0 amide bonds. The van der Waals surface area contributed by atoms with E-state index < -0.39 is 0 Å². The first kappa shape index (κ1) is 11.2. The minimum atomic E-state index is 0.381. The van der Waals surface area contributed by atoms with Gasteiger partial charge in [0.15, 0.2) is 0 Å². The van der Waals surface area contributed by atoms with E-state index >= 15 is 0 Å². The van der Waals surface area contributed by atoms with Gasteiger partial charge in [0.05, 0.1) is 0 Å². The number of nitrogens with zero attached hydrogens (tertiary/aromatic N) is 2. The Bertz CT molecular complexity index is 589. The van der Waals surface area contributed by atoms with E-state index in [1.807, 2.05) is 44.2 Å². The molecule has 1 heterocycles. The molecule has 0 saturated heterocycles. The highest BCUT2D eigenvalue weighted by Crippen LogP contribution is 2.27. The highest BCUT2D eigenvalue weighted by Gasteiger charge is 2.12. The number of hydrogen-bond acceptors (Lipinski definition) is 3. The molecule has 2 rings (SSSR count). The molecule has 17 heavy (non-hydrogen) atoms. The molecule has 0 aliphatic heterocycles. The van der Waals surface area contributed by atoms with Gasteiger partial charge in [0.1, 0.15) is 17.4 Å². The molecule has 0 aliphatic carbocycles. The Morgan fingerprint density at radius 3 is 2.59 bits per heavy atom. The van der Waals surface area contributed by atoms with Gasteiger partial charge in [-0.2, -0.15) is 5.26 Å². The summed E-state index contributed by atoms with van der Waals surface area (Å²) >= 11 is 0. The van der Waals surface area contributed by atoms with Gasteiger partial charge in [0.2, 0.25) is 5.88 Å². The van der Waals surface area contributed by atoms with Crippen molar-refractivity contribution in [2.45, 2.75) is 13.8 Å². The number of nitriles is 1. The van der Waals surface area contributed by atoms with Gasteiger partial charge < -0.3 is 4.42 Å². The molecule has 3 nitrogen and oxygen atoms in total. The average Bonchev–Trinajstić information content (AvgIpc) is 2.63. The second-order valence-corrected chi connectivity index (χ2v) is 3.74. The third-order valence-corrected chi connectivity index (χ3v) is 2.61. The van der Waals surface area contributed by atoms with Gasteiger partial charge in [-0.3, -0.25) is 0 Å².